The molecule has 1 N–H and O–H groups in total. The second-order valence-corrected chi connectivity index (χ2v) is 11.3. The van der Waals surface area contributed by atoms with E-state index in [4.69, 9.17) is 33.5 Å². The third-order valence-corrected chi connectivity index (χ3v) is 8.15. The Bertz CT molecular complexity index is 1640. The van der Waals surface area contributed by atoms with E-state index in [2.05, 4.69) is 0 Å². The van der Waals surface area contributed by atoms with E-state index in [1.807, 2.05) is 12.1 Å². The number of hydrogen-bond donors (Lipinski definition) is 1. The zero-order chi connectivity index (χ0) is 34.8. The lowest BCUT2D eigenvalue weighted by Crippen LogP contribution is -2.51. The molecule has 2 atom stereocenters. The van der Waals surface area contributed by atoms with Crippen molar-refractivity contribution in [1.82, 2.24) is 4.90 Å². The third-order valence-electron chi connectivity index (χ3n) is 8.15. The summed E-state index contributed by atoms with van der Waals surface area (Å²) in [5.74, 6) is -1.16. The lowest BCUT2D eigenvalue weighted by molar-refractivity contribution is -0.161. The van der Waals surface area contributed by atoms with Crippen LogP contribution in [0.3, 0.4) is 0 Å². The number of methoxy groups -OCH3 is 4. The molecule has 0 radical (unpaired) electrons. The van der Waals surface area contributed by atoms with E-state index < -0.39 is 42.4 Å². The fourth-order valence-electron chi connectivity index (χ4n) is 5.76. The number of carbonyl (C=O) groups is 4. The van der Waals surface area contributed by atoms with E-state index in [0.717, 1.165) is 5.56 Å². The average molecular weight is 664 g/mol. The van der Waals surface area contributed by atoms with Gasteiger partial charge in [0.15, 0.2) is 29.6 Å². The largest absolute Gasteiger partial charge is 0.493 e. The van der Waals surface area contributed by atoms with Gasteiger partial charge < -0.3 is 38.4 Å². The molecule has 256 valence electrons. The molecule has 0 spiro atoms. The molecule has 1 saturated heterocycles. The Labute approximate surface area is 279 Å². The molecule has 1 aliphatic rings. The van der Waals surface area contributed by atoms with Crippen LogP contribution in [0.15, 0.2) is 54.6 Å². The van der Waals surface area contributed by atoms with Crippen LogP contribution in [0.2, 0.25) is 0 Å². The summed E-state index contributed by atoms with van der Waals surface area (Å²) >= 11 is 0. The molecule has 1 heterocycles. The Hall–Kier alpha value is -5.26. The number of ether oxygens (including phenoxy) is 6. The molecule has 3 aromatic rings. The molecule has 4 rings (SSSR count). The molecule has 0 aromatic heterocycles. The number of ketones is 1. The van der Waals surface area contributed by atoms with E-state index in [9.17, 15) is 19.2 Å². The summed E-state index contributed by atoms with van der Waals surface area (Å²) < 4.78 is 33.0. The number of carbonyl (C=O) groups excluding carboxylic acids is 3. The number of benzene rings is 3. The number of carboxylic acid groups (broad SMARTS) is 1. The molecule has 0 unspecified atom stereocenters. The summed E-state index contributed by atoms with van der Waals surface area (Å²) in [5.41, 5.74) is 2.22. The number of aryl methyl sites for hydroxylation is 2. The Balaban J connectivity index is 1.59. The van der Waals surface area contributed by atoms with E-state index in [-0.39, 0.29) is 12.1 Å². The van der Waals surface area contributed by atoms with E-state index in [1.165, 1.54) is 25.2 Å². The van der Waals surface area contributed by atoms with Crippen LogP contribution in [0.5, 0.6) is 28.7 Å². The molecule has 12 nitrogen and oxygen atoms in total. The number of rotatable bonds is 15. The Morgan fingerprint density at radius 3 is 2.31 bits per heavy atom. The predicted octanol–water partition coefficient (Wildman–Crippen LogP) is 4.97. The monoisotopic (exact) mass is 663 g/mol. The Morgan fingerprint density at radius 2 is 1.62 bits per heavy atom. The van der Waals surface area contributed by atoms with Crippen LogP contribution in [0.4, 0.5) is 0 Å². The normalized spacial score (nSPS) is 14.8. The van der Waals surface area contributed by atoms with Crippen molar-refractivity contribution in [3.63, 3.8) is 0 Å². The number of nitrogens with zero attached hydrogens (tertiary/aromatic N) is 1. The van der Waals surface area contributed by atoms with Crippen molar-refractivity contribution in [3.05, 3.63) is 76.9 Å². The van der Waals surface area contributed by atoms with Gasteiger partial charge in [-0.05, 0) is 92.1 Å². The second kappa shape index (κ2) is 16.5. The highest BCUT2D eigenvalue weighted by molar-refractivity contribution is 6.43. The molecule has 0 saturated carbocycles. The molecule has 1 aliphatic heterocycles. The van der Waals surface area contributed by atoms with Gasteiger partial charge in [0.2, 0.25) is 0 Å². The van der Waals surface area contributed by atoms with E-state index in [1.54, 1.807) is 57.5 Å². The first-order valence-corrected chi connectivity index (χ1v) is 15.5. The van der Waals surface area contributed by atoms with Crippen LogP contribution in [0, 0.1) is 6.92 Å². The number of hydrogen-bond acceptors (Lipinski definition) is 10. The fraction of sp³-hybridized carbons (Fsp3) is 0.389. The third kappa shape index (κ3) is 8.55. The summed E-state index contributed by atoms with van der Waals surface area (Å²) in [5, 5.41) is 9.07. The van der Waals surface area contributed by atoms with Gasteiger partial charge in [0.05, 0.1) is 28.4 Å². The number of likely N-dealkylation sites (tertiary alicyclic amines) is 1. The summed E-state index contributed by atoms with van der Waals surface area (Å²) in [7, 11) is 6.03. The topological polar surface area (TPSA) is 147 Å². The number of piperidine rings is 1. The number of carboxylic acids is 1. The molecule has 12 heteroatoms. The maximum absolute atomic E-state index is 13.9. The zero-order valence-electron chi connectivity index (χ0n) is 27.8. The van der Waals surface area contributed by atoms with Crippen LogP contribution in [-0.4, -0.2) is 81.3 Å². The minimum atomic E-state index is -1.13. The Kier molecular flexibility index (Phi) is 12.3. The lowest BCUT2D eigenvalue weighted by atomic mass is 9.98. The van der Waals surface area contributed by atoms with Crippen molar-refractivity contribution in [2.75, 3.05) is 41.6 Å². The van der Waals surface area contributed by atoms with Crippen LogP contribution in [0.1, 0.15) is 58.8 Å². The maximum atomic E-state index is 13.9. The summed E-state index contributed by atoms with van der Waals surface area (Å²) in [6, 6.07) is 14.2. The van der Waals surface area contributed by atoms with Gasteiger partial charge in [-0.1, -0.05) is 18.2 Å². The van der Waals surface area contributed by atoms with Gasteiger partial charge in [0, 0.05) is 12.1 Å². The van der Waals surface area contributed by atoms with Crippen LogP contribution in [-0.2, 0) is 25.5 Å². The molecule has 0 aliphatic carbocycles. The SMILES string of the molecule is COc1ccc(CC[C@@H](OC(=O)[C@@H]2CCCCN2C(=O)C(=O)c2cc(C)c(OC)c(OC)c2)c2cccc(OCC(=O)O)c2)cc1OC. The first kappa shape index (κ1) is 35.6. The van der Waals surface area contributed by atoms with Crippen molar-refractivity contribution in [2.24, 2.45) is 0 Å². The molecular formula is C36H41NO11. The summed E-state index contributed by atoms with van der Waals surface area (Å²) in [6.45, 7) is 1.42. The van der Waals surface area contributed by atoms with Crippen LogP contribution < -0.4 is 23.7 Å². The first-order valence-electron chi connectivity index (χ1n) is 15.5. The second-order valence-electron chi connectivity index (χ2n) is 11.3. The van der Waals surface area contributed by atoms with Crippen molar-refractivity contribution in [1.29, 1.82) is 0 Å². The van der Waals surface area contributed by atoms with Crippen molar-refractivity contribution in [2.45, 2.75) is 51.2 Å². The van der Waals surface area contributed by atoms with Crippen LogP contribution in [0.25, 0.3) is 0 Å². The van der Waals surface area contributed by atoms with Gasteiger partial charge in [-0.15, -0.1) is 0 Å². The van der Waals surface area contributed by atoms with Gasteiger partial charge in [-0.25, -0.2) is 9.59 Å². The zero-order valence-corrected chi connectivity index (χ0v) is 27.8. The quantitative estimate of drug-likeness (QED) is 0.134. The molecule has 1 fully saturated rings. The van der Waals surface area contributed by atoms with E-state index in [0.29, 0.717) is 72.0 Å². The average Bonchev–Trinajstić information content (AvgIpc) is 3.11. The number of amides is 1. The molecular weight excluding hydrogens is 622 g/mol. The van der Waals surface area contributed by atoms with Crippen molar-refractivity contribution < 1.29 is 52.7 Å². The molecule has 3 aromatic carbocycles. The highest BCUT2D eigenvalue weighted by Crippen LogP contribution is 2.34. The minimum Gasteiger partial charge on any atom is -0.493 e. The van der Waals surface area contributed by atoms with E-state index >= 15 is 0 Å². The van der Waals surface area contributed by atoms with Gasteiger partial charge in [-0.3, -0.25) is 9.59 Å². The van der Waals surface area contributed by atoms with Crippen LogP contribution >= 0.6 is 0 Å². The standard InChI is InChI=1S/C36H41NO11/c1-22-17-25(20-31(45-4)34(22)46-5)33(40)35(41)37-16-7-6-11-27(37)36(42)48-28(24-9-8-10-26(19-24)47-21-32(38)39)14-12-23-13-15-29(43-2)30(18-23)44-3/h8-10,13,15,17-20,27-28H,6-7,11-12,14,16,21H2,1-5H3,(H,38,39)/t27-,28+/m0/s1. The number of Topliss-reactive ketones (excluding diaryl/α,β-unsaturated/α-hetero) is 1. The number of esters is 1. The molecule has 1 amide bonds. The fourth-order valence-corrected chi connectivity index (χ4v) is 5.76. The molecule has 48 heavy (non-hydrogen) atoms. The smallest absolute Gasteiger partial charge is 0.341 e. The Morgan fingerprint density at radius 1 is 0.875 bits per heavy atom. The maximum Gasteiger partial charge on any atom is 0.341 e. The predicted molar refractivity (Wildman–Crippen MR) is 174 cm³/mol. The minimum absolute atomic E-state index is 0.124. The number of aliphatic carboxylic acids is 1. The van der Waals surface area contributed by atoms with Gasteiger partial charge in [0.25, 0.3) is 11.7 Å². The summed E-state index contributed by atoms with van der Waals surface area (Å²) in [4.78, 5) is 53.4. The lowest BCUT2D eigenvalue weighted by Gasteiger charge is -2.34. The van der Waals surface area contributed by atoms with Crippen molar-refractivity contribution in [3.8, 4) is 28.7 Å². The van der Waals surface area contributed by atoms with Gasteiger partial charge in [0.1, 0.15) is 17.9 Å². The molecule has 0 bridgehead atoms. The van der Waals surface area contributed by atoms with Gasteiger partial charge >= 0.3 is 11.9 Å². The van der Waals surface area contributed by atoms with Gasteiger partial charge in [-0.2, -0.15) is 0 Å². The first-order chi connectivity index (χ1) is 23.1. The highest BCUT2D eigenvalue weighted by atomic mass is 16.5. The highest BCUT2D eigenvalue weighted by Gasteiger charge is 2.38. The van der Waals surface area contributed by atoms with Crippen molar-refractivity contribution >= 4 is 23.6 Å². The summed E-state index contributed by atoms with van der Waals surface area (Å²) in [6.07, 6.45) is 1.65.